The second-order valence-corrected chi connectivity index (χ2v) is 6.06. The van der Waals surface area contributed by atoms with Gasteiger partial charge in [0.05, 0.1) is 0 Å². The van der Waals surface area contributed by atoms with Gasteiger partial charge in [0.15, 0.2) is 0 Å². The fraction of sp³-hybridized carbons (Fsp3) is 0.625. The summed E-state index contributed by atoms with van der Waals surface area (Å²) in [6, 6.07) is 8.90. The molecule has 1 aliphatic rings. The van der Waals surface area contributed by atoms with Crippen molar-refractivity contribution in [2.24, 2.45) is 5.73 Å². The summed E-state index contributed by atoms with van der Waals surface area (Å²) in [6.45, 7) is 8.99. The maximum absolute atomic E-state index is 6.35. The van der Waals surface area contributed by atoms with Crippen LogP contribution in [0.25, 0.3) is 0 Å². The van der Waals surface area contributed by atoms with Crippen LogP contribution in [0.5, 0.6) is 0 Å². The largest absolute Gasteiger partial charge is 0.323 e. The fourth-order valence-electron chi connectivity index (χ4n) is 2.85. The molecule has 2 N–H and O–H groups in total. The SMILES string of the molecule is CCc1ccc(C(N)CN2CCCC2(C)C)cc1. The molecule has 2 heteroatoms. The smallest absolute Gasteiger partial charge is 0.0424 e. The molecule has 1 aromatic rings. The molecule has 0 aliphatic carbocycles. The van der Waals surface area contributed by atoms with Crippen molar-refractivity contribution < 1.29 is 0 Å². The third kappa shape index (κ3) is 2.93. The van der Waals surface area contributed by atoms with Gasteiger partial charge in [-0.3, -0.25) is 4.90 Å². The summed E-state index contributed by atoms with van der Waals surface area (Å²) in [4.78, 5) is 2.53. The number of aryl methyl sites for hydroxylation is 1. The van der Waals surface area contributed by atoms with E-state index in [2.05, 4.69) is 49.9 Å². The van der Waals surface area contributed by atoms with Crippen molar-refractivity contribution >= 4 is 0 Å². The second kappa shape index (κ2) is 5.41. The molecule has 1 aromatic carbocycles. The highest BCUT2D eigenvalue weighted by Crippen LogP contribution is 2.29. The Bertz CT molecular complexity index is 381. The number of rotatable bonds is 4. The van der Waals surface area contributed by atoms with Crippen LogP contribution in [0.15, 0.2) is 24.3 Å². The molecule has 0 amide bonds. The zero-order valence-corrected chi connectivity index (χ0v) is 11.9. The highest BCUT2D eigenvalue weighted by atomic mass is 15.2. The number of benzene rings is 1. The van der Waals surface area contributed by atoms with E-state index in [9.17, 15) is 0 Å². The molecular weight excluding hydrogens is 220 g/mol. The summed E-state index contributed by atoms with van der Waals surface area (Å²) < 4.78 is 0. The Balaban J connectivity index is 2.00. The summed E-state index contributed by atoms with van der Waals surface area (Å²) in [7, 11) is 0. The van der Waals surface area contributed by atoms with Crippen molar-refractivity contribution in [2.75, 3.05) is 13.1 Å². The van der Waals surface area contributed by atoms with E-state index in [0.717, 1.165) is 13.0 Å². The molecule has 18 heavy (non-hydrogen) atoms. The minimum atomic E-state index is 0.133. The summed E-state index contributed by atoms with van der Waals surface area (Å²) in [5, 5.41) is 0. The predicted octanol–water partition coefficient (Wildman–Crippen LogP) is 3.12. The Kier molecular flexibility index (Phi) is 4.08. The normalized spacial score (nSPS) is 21.1. The van der Waals surface area contributed by atoms with Gasteiger partial charge in [0, 0.05) is 18.1 Å². The van der Waals surface area contributed by atoms with Gasteiger partial charge in [0.1, 0.15) is 0 Å². The number of hydrogen-bond acceptors (Lipinski definition) is 2. The third-order valence-corrected chi connectivity index (χ3v) is 4.31. The van der Waals surface area contributed by atoms with Gasteiger partial charge in [-0.2, -0.15) is 0 Å². The van der Waals surface area contributed by atoms with E-state index in [0.29, 0.717) is 5.54 Å². The lowest BCUT2D eigenvalue weighted by molar-refractivity contribution is 0.165. The number of hydrogen-bond donors (Lipinski definition) is 1. The Morgan fingerprint density at radius 3 is 2.44 bits per heavy atom. The first-order valence-electron chi connectivity index (χ1n) is 7.12. The molecule has 0 saturated carbocycles. The third-order valence-electron chi connectivity index (χ3n) is 4.31. The zero-order valence-electron chi connectivity index (χ0n) is 11.9. The highest BCUT2D eigenvalue weighted by Gasteiger charge is 2.32. The van der Waals surface area contributed by atoms with Crippen LogP contribution in [0.2, 0.25) is 0 Å². The molecule has 1 fully saturated rings. The minimum absolute atomic E-state index is 0.133. The number of nitrogens with two attached hydrogens (primary N) is 1. The topological polar surface area (TPSA) is 29.3 Å². The maximum atomic E-state index is 6.35. The van der Waals surface area contributed by atoms with E-state index in [1.807, 2.05) is 0 Å². The standard InChI is InChI=1S/C16H26N2/c1-4-13-6-8-14(9-7-13)15(17)12-18-11-5-10-16(18,2)3/h6-9,15H,4-5,10-12,17H2,1-3H3. The first-order valence-corrected chi connectivity index (χ1v) is 7.12. The lowest BCUT2D eigenvalue weighted by atomic mass is 10.00. The molecule has 2 nitrogen and oxygen atoms in total. The van der Waals surface area contributed by atoms with Crippen LogP contribution in [-0.4, -0.2) is 23.5 Å². The number of nitrogens with zero attached hydrogens (tertiary/aromatic N) is 1. The van der Waals surface area contributed by atoms with Crippen molar-refractivity contribution in [1.82, 2.24) is 4.90 Å². The van der Waals surface area contributed by atoms with Crippen LogP contribution in [-0.2, 0) is 6.42 Å². The van der Waals surface area contributed by atoms with Gasteiger partial charge in [-0.25, -0.2) is 0 Å². The molecule has 1 heterocycles. The lowest BCUT2D eigenvalue weighted by Crippen LogP contribution is -2.42. The van der Waals surface area contributed by atoms with Gasteiger partial charge < -0.3 is 5.73 Å². The van der Waals surface area contributed by atoms with Crippen LogP contribution < -0.4 is 5.73 Å². The molecule has 0 bridgehead atoms. The van der Waals surface area contributed by atoms with Crippen molar-refractivity contribution in [3.05, 3.63) is 35.4 Å². The molecule has 1 unspecified atom stereocenters. The van der Waals surface area contributed by atoms with Gasteiger partial charge in [-0.15, -0.1) is 0 Å². The quantitative estimate of drug-likeness (QED) is 0.884. The Hall–Kier alpha value is -0.860. The van der Waals surface area contributed by atoms with Crippen LogP contribution in [0.1, 0.15) is 50.8 Å². The molecule has 2 rings (SSSR count). The summed E-state index contributed by atoms with van der Waals surface area (Å²) in [5.74, 6) is 0. The van der Waals surface area contributed by atoms with Gasteiger partial charge >= 0.3 is 0 Å². The molecule has 1 saturated heterocycles. The lowest BCUT2D eigenvalue weighted by Gasteiger charge is -2.33. The van der Waals surface area contributed by atoms with Crippen molar-refractivity contribution in [2.45, 2.75) is 51.6 Å². The molecular formula is C16H26N2. The Labute approximate surface area is 111 Å². The molecule has 1 atom stereocenters. The van der Waals surface area contributed by atoms with Crippen LogP contribution in [0.4, 0.5) is 0 Å². The minimum Gasteiger partial charge on any atom is -0.323 e. The summed E-state index contributed by atoms with van der Waals surface area (Å²) in [6.07, 6.45) is 3.68. The van der Waals surface area contributed by atoms with Crippen molar-refractivity contribution in [3.8, 4) is 0 Å². The number of likely N-dealkylation sites (tertiary alicyclic amines) is 1. The van der Waals surface area contributed by atoms with Gasteiger partial charge in [-0.1, -0.05) is 31.2 Å². The molecule has 100 valence electrons. The van der Waals surface area contributed by atoms with E-state index in [1.54, 1.807) is 0 Å². The van der Waals surface area contributed by atoms with E-state index in [-0.39, 0.29) is 6.04 Å². The molecule has 0 radical (unpaired) electrons. The Morgan fingerprint density at radius 2 is 1.94 bits per heavy atom. The van der Waals surface area contributed by atoms with E-state index < -0.39 is 0 Å². The molecule has 1 aliphatic heterocycles. The Morgan fingerprint density at radius 1 is 1.28 bits per heavy atom. The average Bonchev–Trinajstić information content (AvgIpc) is 2.69. The average molecular weight is 246 g/mol. The van der Waals surface area contributed by atoms with E-state index >= 15 is 0 Å². The summed E-state index contributed by atoms with van der Waals surface area (Å²) >= 11 is 0. The molecule has 0 aromatic heterocycles. The van der Waals surface area contributed by atoms with E-state index in [4.69, 9.17) is 5.73 Å². The van der Waals surface area contributed by atoms with Crippen molar-refractivity contribution in [1.29, 1.82) is 0 Å². The van der Waals surface area contributed by atoms with E-state index in [1.165, 1.54) is 30.5 Å². The van der Waals surface area contributed by atoms with Gasteiger partial charge in [0.2, 0.25) is 0 Å². The first kappa shape index (κ1) is 13.6. The zero-order chi connectivity index (χ0) is 13.2. The van der Waals surface area contributed by atoms with Crippen LogP contribution >= 0.6 is 0 Å². The molecule has 0 spiro atoms. The van der Waals surface area contributed by atoms with Crippen LogP contribution in [0, 0.1) is 0 Å². The van der Waals surface area contributed by atoms with Crippen LogP contribution in [0.3, 0.4) is 0 Å². The second-order valence-electron chi connectivity index (χ2n) is 6.06. The van der Waals surface area contributed by atoms with Crippen molar-refractivity contribution in [3.63, 3.8) is 0 Å². The van der Waals surface area contributed by atoms with Gasteiger partial charge in [-0.05, 0) is 50.8 Å². The first-order chi connectivity index (χ1) is 8.53. The maximum Gasteiger partial charge on any atom is 0.0424 e. The monoisotopic (exact) mass is 246 g/mol. The summed E-state index contributed by atoms with van der Waals surface area (Å²) in [5.41, 5.74) is 9.31. The van der Waals surface area contributed by atoms with Gasteiger partial charge in [0.25, 0.3) is 0 Å². The predicted molar refractivity (Wildman–Crippen MR) is 77.6 cm³/mol. The fourth-order valence-corrected chi connectivity index (χ4v) is 2.85. The highest BCUT2D eigenvalue weighted by molar-refractivity contribution is 5.25.